The zero-order valence-electron chi connectivity index (χ0n) is 18.6. The van der Waals surface area contributed by atoms with Gasteiger partial charge in [0.15, 0.2) is 0 Å². The van der Waals surface area contributed by atoms with Crippen molar-refractivity contribution in [3.63, 3.8) is 0 Å². The predicted molar refractivity (Wildman–Crippen MR) is 131 cm³/mol. The van der Waals surface area contributed by atoms with Crippen LogP contribution in [0, 0.1) is 0 Å². The third kappa shape index (κ3) is 7.46. The average Bonchev–Trinajstić information content (AvgIpc) is 2.75. The van der Waals surface area contributed by atoms with Crippen molar-refractivity contribution in [2.75, 3.05) is 0 Å². The predicted octanol–water partition coefficient (Wildman–Crippen LogP) is 8.05. The largest absolute Gasteiger partial charge is 0.327 e. The van der Waals surface area contributed by atoms with Crippen molar-refractivity contribution in [1.29, 1.82) is 0 Å². The van der Waals surface area contributed by atoms with Crippen molar-refractivity contribution in [3.05, 3.63) is 71.8 Å². The summed E-state index contributed by atoms with van der Waals surface area (Å²) in [7, 11) is 0. The fraction of sp³-hybridized carbons (Fsp3) is 0.556. The molecule has 0 heterocycles. The molecule has 1 nitrogen and oxygen atoms in total. The number of unbranched alkanes of at least 4 members (excludes halogenated alkanes) is 8. The monoisotopic (exact) mass is 415 g/mol. The average molecular weight is 416 g/mol. The van der Waals surface area contributed by atoms with Gasteiger partial charge in [-0.2, -0.15) is 0 Å². The molecule has 29 heavy (non-hydrogen) atoms. The molecule has 0 amide bonds. The molecule has 1 unspecified atom stereocenters. The summed E-state index contributed by atoms with van der Waals surface area (Å²) in [5.74, 6) is 0. The molecule has 2 aromatic carbocycles. The Balaban J connectivity index is 0.00000420. The molecule has 0 saturated heterocycles. The standard InChI is InChI=1S/C27H41N.ClH/c1-3-5-6-7-8-9-10-11-18-23-26(28)27(4-2,24-19-14-12-15-20-24)25-21-16-13-17-22-25;/h12-17,19-22,26H,3-11,18,23,28H2,1-2H3;1H. The highest BCUT2D eigenvalue weighted by molar-refractivity contribution is 5.85. The Morgan fingerprint density at radius 2 is 1.07 bits per heavy atom. The van der Waals surface area contributed by atoms with Gasteiger partial charge in [-0.1, -0.05) is 132 Å². The molecule has 2 rings (SSSR count). The van der Waals surface area contributed by atoms with Crippen molar-refractivity contribution in [2.24, 2.45) is 5.73 Å². The molecule has 0 aromatic heterocycles. The lowest BCUT2D eigenvalue weighted by Gasteiger charge is -2.40. The van der Waals surface area contributed by atoms with Gasteiger partial charge in [-0.3, -0.25) is 0 Å². The molecule has 0 radical (unpaired) electrons. The summed E-state index contributed by atoms with van der Waals surface area (Å²) in [5, 5.41) is 0. The van der Waals surface area contributed by atoms with Crippen molar-refractivity contribution in [2.45, 2.75) is 95.9 Å². The van der Waals surface area contributed by atoms with Crippen LogP contribution in [0.1, 0.15) is 95.6 Å². The zero-order chi connectivity index (χ0) is 20.1. The first kappa shape index (κ1) is 25.7. The van der Waals surface area contributed by atoms with Gasteiger partial charge in [-0.15, -0.1) is 12.4 Å². The molecular weight excluding hydrogens is 374 g/mol. The Kier molecular flexibility index (Phi) is 13.0. The third-order valence-electron chi connectivity index (χ3n) is 6.39. The summed E-state index contributed by atoms with van der Waals surface area (Å²) in [6.45, 7) is 4.57. The Bertz CT molecular complexity index is 586. The number of hydrogen-bond acceptors (Lipinski definition) is 1. The highest BCUT2D eigenvalue weighted by Crippen LogP contribution is 2.39. The van der Waals surface area contributed by atoms with Crippen molar-refractivity contribution in [3.8, 4) is 0 Å². The molecule has 0 bridgehead atoms. The van der Waals surface area contributed by atoms with Crippen molar-refractivity contribution in [1.82, 2.24) is 0 Å². The Morgan fingerprint density at radius 3 is 1.48 bits per heavy atom. The lowest BCUT2D eigenvalue weighted by molar-refractivity contribution is 0.363. The number of nitrogens with two attached hydrogens (primary N) is 1. The molecule has 0 aliphatic heterocycles. The van der Waals surface area contributed by atoms with E-state index in [4.69, 9.17) is 5.73 Å². The second kappa shape index (κ2) is 14.6. The van der Waals surface area contributed by atoms with Crippen LogP contribution < -0.4 is 5.73 Å². The topological polar surface area (TPSA) is 26.0 Å². The smallest absolute Gasteiger partial charge is 0.0351 e. The minimum atomic E-state index is -0.0946. The van der Waals surface area contributed by atoms with E-state index in [0.717, 1.165) is 12.8 Å². The van der Waals surface area contributed by atoms with Crippen LogP contribution in [0.2, 0.25) is 0 Å². The first-order valence-electron chi connectivity index (χ1n) is 11.6. The molecule has 0 aliphatic rings. The quantitative estimate of drug-likeness (QED) is 0.310. The molecule has 0 saturated carbocycles. The minimum absolute atomic E-state index is 0. The van der Waals surface area contributed by atoms with Crippen LogP contribution in [0.3, 0.4) is 0 Å². The summed E-state index contributed by atoms with van der Waals surface area (Å²) in [6, 6.07) is 22.0. The first-order chi connectivity index (χ1) is 13.8. The summed E-state index contributed by atoms with van der Waals surface area (Å²) in [4.78, 5) is 0. The molecule has 162 valence electrons. The second-order valence-electron chi connectivity index (χ2n) is 8.28. The van der Waals surface area contributed by atoms with Crippen LogP contribution in [0.15, 0.2) is 60.7 Å². The molecule has 2 heteroatoms. The van der Waals surface area contributed by atoms with Crippen LogP contribution in [0.5, 0.6) is 0 Å². The molecule has 2 aromatic rings. The van der Waals surface area contributed by atoms with Gasteiger partial charge in [0.05, 0.1) is 0 Å². The van der Waals surface area contributed by atoms with Crippen LogP contribution in [0.4, 0.5) is 0 Å². The molecular formula is C27H42ClN. The highest BCUT2D eigenvalue weighted by atomic mass is 35.5. The van der Waals surface area contributed by atoms with Crippen LogP contribution in [0.25, 0.3) is 0 Å². The van der Waals surface area contributed by atoms with Gasteiger partial charge in [-0.05, 0) is 24.0 Å². The van der Waals surface area contributed by atoms with Crippen molar-refractivity contribution >= 4 is 12.4 Å². The van der Waals surface area contributed by atoms with E-state index < -0.39 is 0 Å². The van der Waals surface area contributed by atoms with E-state index in [1.807, 2.05) is 0 Å². The Morgan fingerprint density at radius 1 is 0.655 bits per heavy atom. The molecule has 0 fully saturated rings. The van der Waals surface area contributed by atoms with E-state index >= 15 is 0 Å². The molecule has 0 spiro atoms. The Labute approximate surface area is 185 Å². The van der Waals surface area contributed by atoms with E-state index in [1.54, 1.807) is 0 Å². The maximum Gasteiger partial charge on any atom is 0.0351 e. The van der Waals surface area contributed by atoms with Gasteiger partial charge in [0.2, 0.25) is 0 Å². The summed E-state index contributed by atoms with van der Waals surface area (Å²) in [6.07, 6.45) is 14.4. The molecule has 2 N–H and O–H groups in total. The summed E-state index contributed by atoms with van der Waals surface area (Å²) < 4.78 is 0. The SMILES string of the molecule is CCCCCCCCCCCC(N)C(CC)(c1ccccc1)c1ccccc1.Cl. The van der Waals surface area contributed by atoms with Gasteiger partial charge in [0.25, 0.3) is 0 Å². The maximum atomic E-state index is 6.92. The second-order valence-corrected chi connectivity index (χ2v) is 8.28. The van der Waals surface area contributed by atoms with E-state index in [0.29, 0.717) is 0 Å². The molecule has 1 atom stereocenters. The third-order valence-corrected chi connectivity index (χ3v) is 6.39. The number of rotatable bonds is 14. The van der Waals surface area contributed by atoms with E-state index in [-0.39, 0.29) is 23.9 Å². The lowest BCUT2D eigenvalue weighted by Crippen LogP contribution is -2.46. The van der Waals surface area contributed by atoms with Gasteiger partial charge >= 0.3 is 0 Å². The van der Waals surface area contributed by atoms with Gasteiger partial charge < -0.3 is 5.73 Å². The van der Waals surface area contributed by atoms with Gasteiger partial charge in [-0.25, -0.2) is 0 Å². The lowest BCUT2D eigenvalue weighted by atomic mass is 9.66. The summed E-state index contributed by atoms with van der Waals surface area (Å²) in [5.41, 5.74) is 9.54. The Hall–Kier alpha value is -1.31. The number of hydrogen-bond donors (Lipinski definition) is 1. The van der Waals surface area contributed by atoms with Gasteiger partial charge in [0, 0.05) is 11.5 Å². The first-order valence-corrected chi connectivity index (χ1v) is 11.6. The van der Waals surface area contributed by atoms with E-state index in [2.05, 4.69) is 74.5 Å². The minimum Gasteiger partial charge on any atom is -0.327 e. The van der Waals surface area contributed by atoms with Gasteiger partial charge in [0.1, 0.15) is 0 Å². The van der Waals surface area contributed by atoms with Crippen molar-refractivity contribution < 1.29 is 0 Å². The van der Waals surface area contributed by atoms with Crippen LogP contribution in [-0.4, -0.2) is 6.04 Å². The number of halogens is 1. The maximum absolute atomic E-state index is 6.92. The molecule has 0 aliphatic carbocycles. The highest BCUT2D eigenvalue weighted by Gasteiger charge is 2.38. The van der Waals surface area contributed by atoms with Crippen LogP contribution in [-0.2, 0) is 5.41 Å². The van der Waals surface area contributed by atoms with E-state index in [1.165, 1.54) is 68.9 Å². The fourth-order valence-corrected chi connectivity index (χ4v) is 4.66. The normalized spacial score (nSPS) is 12.4. The zero-order valence-corrected chi connectivity index (χ0v) is 19.4. The van der Waals surface area contributed by atoms with E-state index in [9.17, 15) is 0 Å². The number of benzene rings is 2. The fourth-order valence-electron chi connectivity index (χ4n) is 4.66. The van der Waals surface area contributed by atoms with Crippen LogP contribution >= 0.6 is 12.4 Å². The summed E-state index contributed by atoms with van der Waals surface area (Å²) >= 11 is 0.